The quantitative estimate of drug-likeness (QED) is 0.828. The molecule has 1 fully saturated rings. The van der Waals surface area contributed by atoms with Crippen molar-refractivity contribution in [2.24, 2.45) is 0 Å². The molecule has 5 nitrogen and oxygen atoms in total. The van der Waals surface area contributed by atoms with E-state index in [1.807, 2.05) is 14.1 Å². The maximum absolute atomic E-state index is 12.3. The van der Waals surface area contributed by atoms with Gasteiger partial charge >= 0.3 is 0 Å². The fourth-order valence-corrected chi connectivity index (χ4v) is 3.10. The lowest BCUT2D eigenvalue weighted by atomic mass is 10.1. The van der Waals surface area contributed by atoms with Crippen LogP contribution in [-0.4, -0.2) is 63.3 Å². The summed E-state index contributed by atoms with van der Waals surface area (Å²) in [6, 6.07) is 8.92. The number of nitrogens with one attached hydrogen (secondary N) is 1. The minimum atomic E-state index is 0.0794. The number of rotatable bonds is 7. The largest absolute Gasteiger partial charge is 0.378 e. The Morgan fingerprint density at radius 2 is 1.96 bits per heavy atom. The van der Waals surface area contributed by atoms with Crippen molar-refractivity contribution in [1.82, 2.24) is 10.2 Å². The number of ether oxygens (including phenoxy) is 1. The van der Waals surface area contributed by atoms with E-state index in [4.69, 9.17) is 4.74 Å². The average Bonchev–Trinajstić information content (AvgIpc) is 2.96. The van der Waals surface area contributed by atoms with Gasteiger partial charge in [-0.25, -0.2) is 0 Å². The third-order valence-electron chi connectivity index (χ3n) is 4.77. The average molecular weight is 333 g/mol. The molecule has 0 bridgehead atoms. The van der Waals surface area contributed by atoms with Gasteiger partial charge in [0, 0.05) is 52.4 Å². The summed E-state index contributed by atoms with van der Waals surface area (Å²) in [6.45, 7) is 6.09. The van der Waals surface area contributed by atoms with Gasteiger partial charge in [0.1, 0.15) is 0 Å². The molecular formula is C19H31N3O2. The lowest BCUT2D eigenvalue weighted by molar-refractivity contribution is -0.122. The van der Waals surface area contributed by atoms with Gasteiger partial charge in [-0.3, -0.25) is 9.69 Å². The Morgan fingerprint density at radius 3 is 2.50 bits per heavy atom. The summed E-state index contributed by atoms with van der Waals surface area (Å²) >= 11 is 0. The Balaban J connectivity index is 1.82. The summed E-state index contributed by atoms with van der Waals surface area (Å²) in [5, 5.41) is 3.15. The van der Waals surface area contributed by atoms with E-state index in [0.717, 1.165) is 19.5 Å². The molecule has 2 rings (SSSR count). The number of hydrogen-bond donors (Lipinski definition) is 1. The minimum absolute atomic E-state index is 0.0794. The van der Waals surface area contributed by atoms with Gasteiger partial charge in [-0.05, 0) is 38.0 Å². The number of anilines is 1. The van der Waals surface area contributed by atoms with Crippen molar-refractivity contribution in [2.75, 3.05) is 39.2 Å². The number of benzene rings is 1. The van der Waals surface area contributed by atoms with Crippen molar-refractivity contribution < 1.29 is 9.53 Å². The SMILES string of the molecule is CO[C@H]1CN(C(C)C)C[C@@H]1NC(=O)CCc1ccc(N(C)C)cc1. The molecule has 1 heterocycles. The van der Waals surface area contributed by atoms with E-state index in [2.05, 4.69) is 53.2 Å². The number of likely N-dealkylation sites (tertiary alicyclic amines) is 1. The highest BCUT2D eigenvalue weighted by Crippen LogP contribution is 2.17. The zero-order valence-electron chi connectivity index (χ0n) is 15.6. The summed E-state index contributed by atoms with van der Waals surface area (Å²) in [5.74, 6) is 0.101. The van der Waals surface area contributed by atoms with Crippen LogP contribution in [-0.2, 0) is 16.0 Å². The molecule has 1 N–H and O–H groups in total. The second-order valence-electron chi connectivity index (χ2n) is 7.06. The number of carbonyl (C=O) groups is 1. The lowest BCUT2D eigenvalue weighted by Crippen LogP contribution is -2.43. The number of aryl methyl sites for hydroxylation is 1. The Hall–Kier alpha value is -1.59. The molecule has 1 aliphatic heterocycles. The first kappa shape index (κ1) is 18.7. The second-order valence-corrected chi connectivity index (χ2v) is 7.06. The van der Waals surface area contributed by atoms with Crippen LogP contribution >= 0.6 is 0 Å². The fraction of sp³-hybridized carbons (Fsp3) is 0.632. The van der Waals surface area contributed by atoms with Crippen LogP contribution in [0.4, 0.5) is 5.69 Å². The monoisotopic (exact) mass is 333 g/mol. The number of amides is 1. The van der Waals surface area contributed by atoms with E-state index in [1.54, 1.807) is 7.11 Å². The molecule has 2 atom stereocenters. The normalized spacial score (nSPS) is 21.2. The van der Waals surface area contributed by atoms with Gasteiger partial charge in [-0.2, -0.15) is 0 Å². The van der Waals surface area contributed by atoms with Gasteiger partial charge in [0.25, 0.3) is 0 Å². The van der Waals surface area contributed by atoms with E-state index in [0.29, 0.717) is 12.5 Å². The maximum Gasteiger partial charge on any atom is 0.220 e. The Bertz CT molecular complexity index is 528. The van der Waals surface area contributed by atoms with Crippen LogP contribution in [0.5, 0.6) is 0 Å². The highest BCUT2D eigenvalue weighted by atomic mass is 16.5. The first-order valence-electron chi connectivity index (χ1n) is 8.73. The van der Waals surface area contributed by atoms with Crippen molar-refractivity contribution in [3.8, 4) is 0 Å². The second kappa shape index (κ2) is 8.49. The zero-order chi connectivity index (χ0) is 17.7. The van der Waals surface area contributed by atoms with E-state index < -0.39 is 0 Å². The summed E-state index contributed by atoms with van der Waals surface area (Å²) in [6.07, 6.45) is 1.35. The highest BCUT2D eigenvalue weighted by Gasteiger charge is 2.34. The van der Waals surface area contributed by atoms with Gasteiger partial charge < -0.3 is 15.0 Å². The number of methoxy groups -OCH3 is 1. The van der Waals surface area contributed by atoms with Crippen molar-refractivity contribution in [3.05, 3.63) is 29.8 Å². The van der Waals surface area contributed by atoms with Gasteiger partial charge in [0.05, 0.1) is 12.1 Å². The summed E-state index contributed by atoms with van der Waals surface area (Å²) < 4.78 is 5.54. The fourth-order valence-electron chi connectivity index (χ4n) is 3.10. The van der Waals surface area contributed by atoms with Crippen LogP contribution in [0.15, 0.2) is 24.3 Å². The molecule has 5 heteroatoms. The summed E-state index contributed by atoms with van der Waals surface area (Å²) in [4.78, 5) is 16.7. The number of nitrogens with zero attached hydrogens (tertiary/aromatic N) is 2. The van der Waals surface area contributed by atoms with Crippen LogP contribution in [0.3, 0.4) is 0 Å². The van der Waals surface area contributed by atoms with Gasteiger partial charge in [-0.15, -0.1) is 0 Å². The van der Waals surface area contributed by atoms with Crippen molar-refractivity contribution in [2.45, 2.75) is 44.9 Å². The minimum Gasteiger partial charge on any atom is -0.378 e. The van der Waals surface area contributed by atoms with E-state index in [9.17, 15) is 4.79 Å². The van der Waals surface area contributed by atoms with Gasteiger partial charge in [-0.1, -0.05) is 12.1 Å². The molecular weight excluding hydrogens is 302 g/mol. The van der Waals surface area contributed by atoms with E-state index in [-0.39, 0.29) is 18.1 Å². The molecule has 1 saturated heterocycles. The Labute approximate surface area is 146 Å². The van der Waals surface area contributed by atoms with Gasteiger partial charge in [0.2, 0.25) is 5.91 Å². The van der Waals surface area contributed by atoms with Crippen LogP contribution < -0.4 is 10.2 Å². The standard InChI is InChI=1S/C19H31N3O2/c1-14(2)22-12-17(18(13-22)24-5)20-19(23)11-8-15-6-9-16(10-7-15)21(3)4/h6-7,9-10,14,17-18H,8,11-13H2,1-5H3,(H,20,23)/t17-,18-/m0/s1. The molecule has 1 aromatic carbocycles. The summed E-state index contributed by atoms with van der Waals surface area (Å²) in [7, 11) is 5.77. The molecule has 134 valence electrons. The third-order valence-corrected chi connectivity index (χ3v) is 4.77. The van der Waals surface area contributed by atoms with E-state index in [1.165, 1.54) is 11.3 Å². The molecule has 0 unspecified atom stereocenters. The van der Waals surface area contributed by atoms with Crippen molar-refractivity contribution >= 4 is 11.6 Å². The van der Waals surface area contributed by atoms with Crippen LogP contribution in [0.1, 0.15) is 25.8 Å². The number of hydrogen-bond acceptors (Lipinski definition) is 4. The lowest BCUT2D eigenvalue weighted by Gasteiger charge is -2.20. The molecule has 1 amide bonds. The Kier molecular flexibility index (Phi) is 6.63. The van der Waals surface area contributed by atoms with Crippen molar-refractivity contribution in [3.63, 3.8) is 0 Å². The van der Waals surface area contributed by atoms with Crippen LogP contribution in [0.2, 0.25) is 0 Å². The predicted molar refractivity (Wildman–Crippen MR) is 98.5 cm³/mol. The topological polar surface area (TPSA) is 44.8 Å². The van der Waals surface area contributed by atoms with Crippen molar-refractivity contribution in [1.29, 1.82) is 0 Å². The summed E-state index contributed by atoms with van der Waals surface area (Å²) in [5.41, 5.74) is 2.36. The molecule has 0 aliphatic carbocycles. The first-order valence-corrected chi connectivity index (χ1v) is 8.73. The highest BCUT2D eigenvalue weighted by molar-refractivity contribution is 5.76. The molecule has 1 aromatic rings. The predicted octanol–water partition coefficient (Wildman–Crippen LogP) is 1.91. The number of carbonyl (C=O) groups excluding carboxylic acids is 1. The molecule has 0 aromatic heterocycles. The van der Waals surface area contributed by atoms with Gasteiger partial charge in [0.15, 0.2) is 0 Å². The molecule has 24 heavy (non-hydrogen) atoms. The third kappa shape index (κ3) is 4.95. The molecule has 0 spiro atoms. The smallest absolute Gasteiger partial charge is 0.220 e. The Morgan fingerprint density at radius 1 is 1.29 bits per heavy atom. The van der Waals surface area contributed by atoms with E-state index >= 15 is 0 Å². The first-order chi connectivity index (χ1) is 11.4. The zero-order valence-corrected chi connectivity index (χ0v) is 15.6. The molecule has 0 saturated carbocycles. The molecule has 1 aliphatic rings. The maximum atomic E-state index is 12.3. The van der Waals surface area contributed by atoms with Crippen LogP contribution in [0.25, 0.3) is 0 Å². The molecule has 0 radical (unpaired) electrons. The van der Waals surface area contributed by atoms with Crippen LogP contribution in [0, 0.1) is 0 Å².